The van der Waals surface area contributed by atoms with E-state index < -0.39 is 24.0 Å². The molecule has 4 aliphatic rings. The molecule has 0 heterocycles. The molecule has 4 fully saturated rings. The first-order valence-corrected chi connectivity index (χ1v) is 7.99. The van der Waals surface area contributed by atoms with Gasteiger partial charge in [-0.3, -0.25) is 4.79 Å². The van der Waals surface area contributed by atoms with Crippen molar-refractivity contribution in [2.45, 2.75) is 63.9 Å². The standard InChI is InChI=1S/C16H22F2O4/c1-9(16(17,18)14(20)21)22-13(19)8-15-5-10-2-11(6-15)4-12(3-10)7-15/h9-12H,2-8H2,1H3,(H,20,21)/p-1. The van der Waals surface area contributed by atoms with Gasteiger partial charge in [0.05, 0.1) is 6.42 Å². The van der Waals surface area contributed by atoms with Gasteiger partial charge in [-0.1, -0.05) is 0 Å². The SMILES string of the molecule is CC(OC(=O)CC12CC3CC(CC(C3)C1)C2)C(F)(F)C(=O)[O-]. The highest BCUT2D eigenvalue weighted by atomic mass is 19.3. The van der Waals surface area contributed by atoms with Gasteiger partial charge in [0.1, 0.15) is 5.97 Å². The minimum atomic E-state index is -4.16. The van der Waals surface area contributed by atoms with Gasteiger partial charge in [0, 0.05) is 0 Å². The first kappa shape index (κ1) is 15.7. The Hall–Kier alpha value is -1.20. The van der Waals surface area contributed by atoms with Crippen molar-refractivity contribution in [2.75, 3.05) is 0 Å². The van der Waals surface area contributed by atoms with E-state index in [0.717, 1.165) is 26.2 Å². The monoisotopic (exact) mass is 315 g/mol. The topological polar surface area (TPSA) is 66.4 Å². The summed E-state index contributed by atoms with van der Waals surface area (Å²) < 4.78 is 31.2. The molecule has 124 valence electrons. The fourth-order valence-corrected chi connectivity index (χ4v) is 5.29. The molecule has 0 spiro atoms. The van der Waals surface area contributed by atoms with Crippen molar-refractivity contribution in [1.82, 2.24) is 0 Å². The van der Waals surface area contributed by atoms with E-state index in [1.165, 1.54) is 19.3 Å². The van der Waals surface area contributed by atoms with Crippen LogP contribution < -0.4 is 5.11 Å². The number of halogens is 2. The first-order valence-electron chi connectivity index (χ1n) is 7.99. The van der Waals surface area contributed by atoms with E-state index in [1.807, 2.05) is 0 Å². The van der Waals surface area contributed by atoms with Crippen molar-refractivity contribution in [3.63, 3.8) is 0 Å². The summed E-state index contributed by atoms with van der Waals surface area (Å²) in [7, 11) is 0. The number of carbonyl (C=O) groups excluding carboxylic acids is 2. The third-order valence-electron chi connectivity index (χ3n) is 5.78. The molecule has 1 unspecified atom stereocenters. The van der Waals surface area contributed by atoms with Crippen molar-refractivity contribution < 1.29 is 28.2 Å². The van der Waals surface area contributed by atoms with Crippen molar-refractivity contribution in [3.8, 4) is 0 Å². The highest BCUT2D eigenvalue weighted by molar-refractivity contribution is 5.75. The smallest absolute Gasteiger partial charge is 0.322 e. The quantitative estimate of drug-likeness (QED) is 0.727. The molecule has 0 aliphatic heterocycles. The molecule has 0 N–H and O–H groups in total. The second kappa shape index (κ2) is 5.17. The number of esters is 1. The molecule has 6 heteroatoms. The highest BCUT2D eigenvalue weighted by Crippen LogP contribution is 2.61. The average molecular weight is 315 g/mol. The van der Waals surface area contributed by atoms with E-state index >= 15 is 0 Å². The Morgan fingerprint density at radius 1 is 1.18 bits per heavy atom. The van der Waals surface area contributed by atoms with Gasteiger partial charge < -0.3 is 14.6 Å². The lowest BCUT2D eigenvalue weighted by Gasteiger charge is -2.56. The van der Waals surface area contributed by atoms with Crippen LogP contribution >= 0.6 is 0 Å². The van der Waals surface area contributed by atoms with Crippen LogP contribution in [0.15, 0.2) is 0 Å². The van der Waals surface area contributed by atoms with E-state index in [9.17, 15) is 23.5 Å². The fraction of sp³-hybridized carbons (Fsp3) is 0.875. The highest BCUT2D eigenvalue weighted by Gasteiger charge is 2.52. The Kier molecular flexibility index (Phi) is 3.68. The molecular weight excluding hydrogens is 294 g/mol. The van der Waals surface area contributed by atoms with E-state index in [2.05, 4.69) is 0 Å². The van der Waals surface area contributed by atoms with E-state index in [-0.39, 0.29) is 11.8 Å². The molecule has 4 nitrogen and oxygen atoms in total. The van der Waals surface area contributed by atoms with Crippen LogP contribution in [0.3, 0.4) is 0 Å². The normalized spacial score (nSPS) is 37.9. The van der Waals surface area contributed by atoms with Gasteiger partial charge in [0.2, 0.25) is 0 Å². The number of ether oxygens (including phenoxy) is 1. The van der Waals surface area contributed by atoms with Crippen LogP contribution in [0.2, 0.25) is 0 Å². The molecule has 0 saturated heterocycles. The Morgan fingerprint density at radius 2 is 1.64 bits per heavy atom. The molecule has 1 atom stereocenters. The summed E-state index contributed by atoms with van der Waals surface area (Å²) in [6.45, 7) is 0.896. The van der Waals surface area contributed by atoms with Crippen molar-refractivity contribution in [3.05, 3.63) is 0 Å². The van der Waals surface area contributed by atoms with Crippen LogP contribution in [-0.4, -0.2) is 24.0 Å². The summed E-state index contributed by atoms with van der Waals surface area (Å²) in [5, 5.41) is 10.4. The number of carboxylic acid groups (broad SMARTS) is 1. The Balaban J connectivity index is 1.61. The average Bonchev–Trinajstić information content (AvgIpc) is 2.35. The van der Waals surface area contributed by atoms with Gasteiger partial charge in [-0.2, -0.15) is 8.78 Å². The van der Waals surface area contributed by atoms with E-state index in [4.69, 9.17) is 4.74 Å². The number of carboxylic acids is 1. The Labute approximate surface area is 128 Å². The number of hydrogen-bond donors (Lipinski definition) is 0. The van der Waals surface area contributed by atoms with Crippen molar-refractivity contribution in [2.24, 2.45) is 23.2 Å². The second-order valence-corrected chi connectivity index (χ2v) is 7.64. The molecule has 0 radical (unpaired) electrons. The van der Waals surface area contributed by atoms with Crippen LogP contribution in [0.4, 0.5) is 8.78 Å². The zero-order chi connectivity index (χ0) is 16.1. The summed E-state index contributed by atoms with van der Waals surface area (Å²) >= 11 is 0. The van der Waals surface area contributed by atoms with Gasteiger partial charge in [-0.25, -0.2) is 0 Å². The minimum absolute atomic E-state index is 0.109. The molecule has 0 aromatic rings. The molecule has 4 rings (SSSR count). The lowest BCUT2D eigenvalue weighted by atomic mass is 9.49. The molecular formula is C16H21F2O4-. The zero-order valence-electron chi connectivity index (χ0n) is 12.6. The zero-order valence-corrected chi connectivity index (χ0v) is 12.6. The van der Waals surface area contributed by atoms with Gasteiger partial charge in [-0.15, -0.1) is 0 Å². The first-order chi connectivity index (χ1) is 10.2. The van der Waals surface area contributed by atoms with Crippen LogP contribution in [0.5, 0.6) is 0 Å². The maximum atomic E-state index is 13.3. The largest absolute Gasteiger partial charge is 0.544 e. The number of rotatable bonds is 5. The molecule has 4 bridgehead atoms. The van der Waals surface area contributed by atoms with Gasteiger partial charge in [-0.05, 0) is 68.6 Å². The molecule has 22 heavy (non-hydrogen) atoms. The van der Waals surface area contributed by atoms with Crippen LogP contribution in [0, 0.1) is 23.2 Å². The van der Waals surface area contributed by atoms with E-state index in [0.29, 0.717) is 17.8 Å². The molecule has 4 aliphatic carbocycles. The summed E-state index contributed by atoms with van der Waals surface area (Å²) in [5.41, 5.74) is -0.109. The third-order valence-corrected chi connectivity index (χ3v) is 5.78. The number of carbonyl (C=O) groups is 2. The van der Waals surface area contributed by atoms with Crippen LogP contribution in [0.1, 0.15) is 51.9 Å². The Bertz CT molecular complexity index is 453. The Morgan fingerprint density at radius 3 is 2.05 bits per heavy atom. The molecule has 0 aromatic heterocycles. The number of aliphatic carboxylic acids is 1. The summed E-state index contributed by atoms with van der Waals surface area (Å²) in [4.78, 5) is 22.4. The maximum Gasteiger partial charge on any atom is 0.322 e. The van der Waals surface area contributed by atoms with Crippen molar-refractivity contribution >= 4 is 11.9 Å². The van der Waals surface area contributed by atoms with Gasteiger partial charge in [0.25, 0.3) is 0 Å². The van der Waals surface area contributed by atoms with Crippen LogP contribution in [0.25, 0.3) is 0 Å². The molecule has 0 aromatic carbocycles. The van der Waals surface area contributed by atoms with Gasteiger partial charge >= 0.3 is 11.9 Å². The number of alkyl halides is 2. The van der Waals surface area contributed by atoms with Crippen molar-refractivity contribution in [1.29, 1.82) is 0 Å². The summed E-state index contributed by atoms with van der Waals surface area (Å²) in [6, 6.07) is 0. The summed E-state index contributed by atoms with van der Waals surface area (Å²) in [5.74, 6) is -5.42. The second-order valence-electron chi connectivity index (χ2n) is 7.64. The van der Waals surface area contributed by atoms with E-state index in [1.54, 1.807) is 0 Å². The third kappa shape index (κ3) is 2.72. The predicted molar refractivity (Wildman–Crippen MR) is 70.7 cm³/mol. The summed E-state index contributed by atoms with van der Waals surface area (Å²) in [6.07, 6.45) is 4.73. The van der Waals surface area contributed by atoms with Gasteiger partial charge in [0.15, 0.2) is 6.10 Å². The number of hydrogen-bond acceptors (Lipinski definition) is 4. The molecule has 4 saturated carbocycles. The predicted octanol–water partition coefficient (Wildman–Crippen LogP) is 1.91. The fourth-order valence-electron chi connectivity index (χ4n) is 5.29. The minimum Gasteiger partial charge on any atom is -0.544 e. The maximum absolute atomic E-state index is 13.3. The van der Waals surface area contributed by atoms with Crippen LogP contribution in [-0.2, 0) is 14.3 Å². The lowest BCUT2D eigenvalue weighted by Crippen LogP contribution is -2.51. The molecule has 0 amide bonds. The lowest BCUT2D eigenvalue weighted by molar-refractivity contribution is -0.335.